The summed E-state index contributed by atoms with van der Waals surface area (Å²) in [5.74, 6) is -0.181. The van der Waals surface area contributed by atoms with E-state index in [2.05, 4.69) is 25.7 Å². The molecule has 1 aliphatic carbocycles. The number of methoxy groups -OCH3 is 1. The summed E-state index contributed by atoms with van der Waals surface area (Å²) < 4.78 is 23.5. The van der Waals surface area contributed by atoms with Gasteiger partial charge in [-0.15, -0.1) is 5.10 Å². The van der Waals surface area contributed by atoms with Crippen LogP contribution in [0.4, 0.5) is 10.3 Å². The zero-order valence-corrected chi connectivity index (χ0v) is 19.2. The summed E-state index contributed by atoms with van der Waals surface area (Å²) in [7, 11) is 3.02. The first kappa shape index (κ1) is 22.1. The summed E-state index contributed by atoms with van der Waals surface area (Å²) in [6.07, 6.45) is 7.78. The summed E-state index contributed by atoms with van der Waals surface area (Å²) in [5.41, 5.74) is 1.40. The van der Waals surface area contributed by atoms with Crippen molar-refractivity contribution in [3.05, 3.63) is 42.2 Å². The van der Waals surface area contributed by atoms with E-state index in [1.165, 1.54) is 30.8 Å². The Bertz CT molecular complexity index is 1380. The fraction of sp³-hybridized carbons (Fsp3) is 0.391. The van der Waals surface area contributed by atoms with Crippen molar-refractivity contribution >= 4 is 23.0 Å². The number of ether oxygens (including phenoxy) is 1. The van der Waals surface area contributed by atoms with Gasteiger partial charge < -0.3 is 20.5 Å². The van der Waals surface area contributed by atoms with E-state index in [9.17, 15) is 14.3 Å². The van der Waals surface area contributed by atoms with Gasteiger partial charge in [0.05, 0.1) is 18.9 Å². The number of aliphatic hydroxyl groups is 1. The Kier molecular flexibility index (Phi) is 5.35. The molecule has 0 spiro atoms. The largest absolute Gasteiger partial charge is 0.479 e. The SMILES string of the molecule is CNC(=O)c1cnc2c(F)cc(-c3ccn4nc(N[C@H]5CC[C@@](C)(O)CC5)nc(OC)c34)cn12. The maximum atomic E-state index is 14.9. The zero-order valence-electron chi connectivity index (χ0n) is 19.2. The van der Waals surface area contributed by atoms with Crippen molar-refractivity contribution in [3.63, 3.8) is 0 Å². The molecule has 0 aromatic carbocycles. The molecular weight excluding hydrogens is 441 g/mol. The number of nitrogens with zero attached hydrogens (tertiary/aromatic N) is 5. The lowest BCUT2D eigenvalue weighted by molar-refractivity contribution is 0.0195. The van der Waals surface area contributed by atoms with Crippen LogP contribution in [0.25, 0.3) is 22.3 Å². The van der Waals surface area contributed by atoms with Gasteiger partial charge in [0, 0.05) is 36.6 Å². The number of carbonyl (C=O) groups excluding carboxylic acids is 1. The number of anilines is 1. The van der Waals surface area contributed by atoms with Gasteiger partial charge in [0.2, 0.25) is 11.8 Å². The topological polar surface area (TPSA) is 118 Å². The van der Waals surface area contributed by atoms with Gasteiger partial charge >= 0.3 is 0 Å². The molecule has 0 atom stereocenters. The van der Waals surface area contributed by atoms with Gasteiger partial charge in [-0.1, -0.05) is 0 Å². The molecule has 0 aliphatic heterocycles. The van der Waals surface area contributed by atoms with Crippen LogP contribution in [0.5, 0.6) is 5.88 Å². The number of rotatable bonds is 5. The average Bonchev–Trinajstić information content (AvgIpc) is 3.44. The lowest BCUT2D eigenvalue weighted by Crippen LogP contribution is -2.36. The van der Waals surface area contributed by atoms with E-state index >= 15 is 0 Å². The number of fused-ring (bicyclic) bond motifs is 2. The normalized spacial score (nSPS) is 20.6. The zero-order chi connectivity index (χ0) is 24.0. The van der Waals surface area contributed by atoms with Gasteiger partial charge in [-0.2, -0.15) is 4.98 Å². The Balaban J connectivity index is 1.54. The summed E-state index contributed by atoms with van der Waals surface area (Å²) >= 11 is 0. The molecule has 178 valence electrons. The van der Waals surface area contributed by atoms with Crippen LogP contribution in [0, 0.1) is 5.82 Å². The number of nitrogens with one attached hydrogen (secondary N) is 2. The Morgan fingerprint density at radius 1 is 1.35 bits per heavy atom. The smallest absolute Gasteiger partial charge is 0.269 e. The van der Waals surface area contributed by atoms with Gasteiger partial charge in [0.15, 0.2) is 11.5 Å². The molecule has 0 saturated heterocycles. The Labute approximate surface area is 194 Å². The van der Waals surface area contributed by atoms with Gasteiger partial charge in [-0.3, -0.25) is 9.20 Å². The van der Waals surface area contributed by atoms with Crippen molar-refractivity contribution in [2.75, 3.05) is 19.5 Å². The van der Waals surface area contributed by atoms with Gasteiger partial charge in [-0.25, -0.2) is 13.9 Å². The first-order chi connectivity index (χ1) is 16.3. The summed E-state index contributed by atoms with van der Waals surface area (Å²) in [4.78, 5) is 20.8. The van der Waals surface area contributed by atoms with Gasteiger partial charge in [0.1, 0.15) is 11.2 Å². The molecule has 1 amide bonds. The van der Waals surface area contributed by atoms with E-state index < -0.39 is 11.4 Å². The molecule has 1 aliphatic rings. The van der Waals surface area contributed by atoms with Crippen molar-refractivity contribution in [2.24, 2.45) is 0 Å². The maximum absolute atomic E-state index is 14.9. The molecule has 11 heteroatoms. The molecule has 1 fully saturated rings. The van der Waals surface area contributed by atoms with Crippen molar-refractivity contribution < 1.29 is 19.0 Å². The highest BCUT2D eigenvalue weighted by atomic mass is 19.1. The lowest BCUT2D eigenvalue weighted by atomic mass is 9.84. The number of carbonyl (C=O) groups is 1. The number of imidazole rings is 1. The highest BCUT2D eigenvalue weighted by molar-refractivity contribution is 5.93. The predicted octanol–water partition coefficient (Wildman–Crippen LogP) is 2.66. The Morgan fingerprint density at radius 2 is 2.12 bits per heavy atom. The standard InChI is InChI=1S/C23H26FN7O3/c1-23(33)7-4-14(5-8-23)27-22-28-21(34-3)18-15(6-9-31(18)29-22)13-10-16(24)19-26-11-17(20(32)25-2)30(19)12-13/h6,9-12,14,33H,4-5,7-8H2,1-3H3,(H,25,32)(H,27,29)/t14-,23+. The number of hydrogen-bond acceptors (Lipinski definition) is 7. The second-order valence-corrected chi connectivity index (χ2v) is 8.88. The number of amides is 1. The van der Waals surface area contributed by atoms with E-state index in [0.29, 0.717) is 41.3 Å². The van der Waals surface area contributed by atoms with Crippen molar-refractivity contribution in [2.45, 2.75) is 44.2 Å². The van der Waals surface area contributed by atoms with Crippen LogP contribution >= 0.6 is 0 Å². The second-order valence-electron chi connectivity index (χ2n) is 8.88. The molecule has 0 radical (unpaired) electrons. The highest BCUT2D eigenvalue weighted by Gasteiger charge is 2.29. The van der Waals surface area contributed by atoms with Crippen LogP contribution in [0.15, 0.2) is 30.7 Å². The lowest BCUT2D eigenvalue weighted by Gasteiger charge is -2.33. The molecule has 3 N–H and O–H groups in total. The molecule has 34 heavy (non-hydrogen) atoms. The van der Waals surface area contributed by atoms with E-state index in [1.807, 2.05) is 6.92 Å². The summed E-state index contributed by atoms with van der Waals surface area (Å²) in [5, 5.41) is 20.6. The first-order valence-electron chi connectivity index (χ1n) is 11.1. The molecule has 4 heterocycles. The minimum atomic E-state index is -0.626. The Morgan fingerprint density at radius 3 is 2.82 bits per heavy atom. The number of halogens is 1. The van der Waals surface area contributed by atoms with E-state index in [4.69, 9.17) is 4.74 Å². The fourth-order valence-corrected chi connectivity index (χ4v) is 4.48. The fourth-order valence-electron chi connectivity index (χ4n) is 4.48. The molecular formula is C23H26FN7O3. The minimum absolute atomic E-state index is 0.0621. The van der Waals surface area contributed by atoms with Crippen LogP contribution in [-0.4, -0.2) is 60.8 Å². The molecule has 0 bridgehead atoms. The van der Waals surface area contributed by atoms with Crippen LogP contribution < -0.4 is 15.4 Å². The molecule has 4 aromatic heterocycles. The summed E-state index contributed by atoms with van der Waals surface area (Å²) in [6, 6.07) is 3.31. The third kappa shape index (κ3) is 3.81. The first-order valence-corrected chi connectivity index (χ1v) is 11.1. The monoisotopic (exact) mass is 467 g/mol. The number of pyridine rings is 1. The van der Waals surface area contributed by atoms with Crippen LogP contribution in [0.3, 0.4) is 0 Å². The van der Waals surface area contributed by atoms with Crippen LogP contribution in [0.2, 0.25) is 0 Å². The van der Waals surface area contributed by atoms with Crippen molar-refractivity contribution in [3.8, 4) is 17.0 Å². The highest BCUT2D eigenvalue weighted by Crippen LogP contribution is 2.33. The molecule has 0 unspecified atom stereocenters. The molecule has 4 aromatic rings. The molecule has 10 nitrogen and oxygen atoms in total. The molecule has 1 saturated carbocycles. The van der Waals surface area contributed by atoms with Gasteiger partial charge in [0.25, 0.3) is 5.91 Å². The van der Waals surface area contributed by atoms with Crippen LogP contribution in [-0.2, 0) is 0 Å². The van der Waals surface area contributed by atoms with E-state index in [0.717, 1.165) is 12.8 Å². The third-order valence-electron chi connectivity index (χ3n) is 6.40. The summed E-state index contributed by atoms with van der Waals surface area (Å²) in [6.45, 7) is 1.86. The second kappa shape index (κ2) is 8.24. The van der Waals surface area contributed by atoms with E-state index in [1.54, 1.807) is 23.0 Å². The predicted molar refractivity (Wildman–Crippen MR) is 124 cm³/mol. The minimum Gasteiger partial charge on any atom is -0.479 e. The van der Waals surface area contributed by atoms with E-state index in [-0.39, 0.29) is 23.3 Å². The average molecular weight is 468 g/mol. The third-order valence-corrected chi connectivity index (χ3v) is 6.40. The quantitative estimate of drug-likeness (QED) is 0.413. The molecule has 5 rings (SSSR count). The Hall–Kier alpha value is -3.73. The number of hydrogen-bond donors (Lipinski definition) is 3. The number of aromatic nitrogens is 5. The van der Waals surface area contributed by atoms with Crippen molar-refractivity contribution in [1.82, 2.24) is 29.3 Å². The van der Waals surface area contributed by atoms with Crippen LogP contribution in [0.1, 0.15) is 43.1 Å². The van der Waals surface area contributed by atoms with Gasteiger partial charge in [-0.05, 0) is 44.7 Å². The maximum Gasteiger partial charge on any atom is 0.269 e. The van der Waals surface area contributed by atoms with Crippen molar-refractivity contribution in [1.29, 1.82) is 0 Å².